The van der Waals surface area contributed by atoms with Crippen molar-refractivity contribution >= 4 is 45.9 Å². The second kappa shape index (κ2) is 6.52. The van der Waals surface area contributed by atoms with Gasteiger partial charge >= 0.3 is 5.97 Å². The summed E-state index contributed by atoms with van der Waals surface area (Å²) in [6.45, 7) is 2.18. The maximum Gasteiger partial charge on any atom is 0.325 e. The largest absolute Gasteiger partial charge is 0.465 e. The normalized spacial score (nSPS) is 16.4. The molecule has 124 valence electrons. The van der Waals surface area contributed by atoms with Crippen LogP contribution in [0.1, 0.15) is 12.5 Å². The lowest BCUT2D eigenvalue weighted by Gasteiger charge is -2.04. The Morgan fingerprint density at radius 2 is 2.04 bits per heavy atom. The van der Waals surface area contributed by atoms with Crippen molar-refractivity contribution in [3.05, 3.63) is 40.9 Å². The molecule has 2 heterocycles. The van der Waals surface area contributed by atoms with E-state index < -0.39 is 0 Å². The first kappa shape index (κ1) is 16.3. The smallest absolute Gasteiger partial charge is 0.325 e. The first-order valence-electron chi connectivity index (χ1n) is 7.46. The number of esters is 1. The van der Waals surface area contributed by atoms with Gasteiger partial charge in [-0.05, 0) is 30.8 Å². The summed E-state index contributed by atoms with van der Waals surface area (Å²) in [5.41, 5.74) is 1.65. The van der Waals surface area contributed by atoms with Gasteiger partial charge in [-0.25, -0.2) is 0 Å². The van der Waals surface area contributed by atoms with Crippen LogP contribution in [0.5, 0.6) is 0 Å². The number of carbonyl (C=O) groups is 3. The fraction of sp³-hybridized carbons (Fsp3) is 0.235. The summed E-state index contributed by atoms with van der Waals surface area (Å²) in [5, 5.41) is 0.617. The van der Waals surface area contributed by atoms with Crippen LogP contribution in [-0.2, 0) is 20.9 Å². The quantitative estimate of drug-likeness (QED) is 0.630. The molecule has 24 heavy (non-hydrogen) atoms. The molecule has 1 aromatic carbocycles. The lowest BCUT2D eigenvalue weighted by atomic mass is 10.1. The van der Waals surface area contributed by atoms with Crippen LogP contribution in [0.3, 0.4) is 0 Å². The minimum atomic E-state index is -0.321. The Balaban J connectivity index is 2.02. The fourth-order valence-electron chi connectivity index (χ4n) is 2.55. The van der Waals surface area contributed by atoms with E-state index in [4.69, 9.17) is 4.74 Å². The van der Waals surface area contributed by atoms with E-state index in [1.54, 1.807) is 23.8 Å². The highest BCUT2D eigenvalue weighted by Gasteiger charge is 2.32. The monoisotopic (exact) mass is 344 g/mol. The minimum absolute atomic E-state index is 0.0947. The van der Waals surface area contributed by atoms with Crippen molar-refractivity contribution in [3.63, 3.8) is 0 Å². The van der Waals surface area contributed by atoms with Crippen molar-refractivity contribution in [2.45, 2.75) is 13.5 Å². The van der Waals surface area contributed by atoms with Gasteiger partial charge < -0.3 is 9.30 Å². The summed E-state index contributed by atoms with van der Waals surface area (Å²) >= 11 is 0.914. The van der Waals surface area contributed by atoms with E-state index in [-0.39, 0.29) is 23.7 Å². The number of para-hydroxylation sites is 1. The SMILES string of the molecule is CCOC(=O)Cn1cc(C=C2SC(=O)N(C)C2=O)c2ccccc21. The molecule has 0 unspecified atom stereocenters. The molecule has 2 amide bonds. The van der Waals surface area contributed by atoms with Gasteiger partial charge in [-0.2, -0.15) is 0 Å². The maximum atomic E-state index is 12.1. The van der Waals surface area contributed by atoms with E-state index in [0.29, 0.717) is 11.5 Å². The van der Waals surface area contributed by atoms with Crippen molar-refractivity contribution in [1.29, 1.82) is 0 Å². The van der Waals surface area contributed by atoms with Crippen LogP contribution in [0.25, 0.3) is 17.0 Å². The molecule has 1 aliphatic heterocycles. The molecule has 1 fully saturated rings. The number of benzene rings is 1. The molecule has 1 aromatic heterocycles. The number of thioether (sulfide) groups is 1. The predicted octanol–water partition coefficient (Wildman–Crippen LogP) is 2.87. The molecule has 0 saturated carbocycles. The van der Waals surface area contributed by atoms with Gasteiger partial charge in [0.1, 0.15) is 6.54 Å². The molecule has 7 heteroatoms. The summed E-state index contributed by atoms with van der Waals surface area (Å²) in [6, 6.07) is 7.59. The van der Waals surface area contributed by atoms with Gasteiger partial charge in [0.15, 0.2) is 0 Å². The summed E-state index contributed by atoms with van der Waals surface area (Å²) in [4.78, 5) is 36.9. The van der Waals surface area contributed by atoms with Crippen LogP contribution in [0.2, 0.25) is 0 Å². The molecule has 0 bridgehead atoms. The van der Waals surface area contributed by atoms with Crippen LogP contribution < -0.4 is 0 Å². The third-order valence-electron chi connectivity index (χ3n) is 3.70. The van der Waals surface area contributed by atoms with Crippen molar-refractivity contribution < 1.29 is 19.1 Å². The van der Waals surface area contributed by atoms with E-state index in [0.717, 1.165) is 33.1 Å². The van der Waals surface area contributed by atoms with Crippen molar-refractivity contribution in [2.24, 2.45) is 0 Å². The molecule has 0 atom stereocenters. The average Bonchev–Trinajstić information content (AvgIpc) is 3.02. The Bertz CT molecular complexity index is 869. The summed E-state index contributed by atoms with van der Waals surface area (Å²) < 4.78 is 6.78. The van der Waals surface area contributed by atoms with Crippen LogP contribution in [0, 0.1) is 0 Å². The topological polar surface area (TPSA) is 68.6 Å². The number of ether oxygens (including phenoxy) is 1. The highest BCUT2D eigenvalue weighted by atomic mass is 32.2. The van der Waals surface area contributed by atoms with E-state index in [2.05, 4.69) is 0 Å². The van der Waals surface area contributed by atoms with Crippen LogP contribution in [0.15, 0.2) is 35.4 Å². The minimum Gasteiger partial charge on any atom is -0.465 e. The van der Waals surface area contributed by atoms with Crippen molar-refractivity contribution in [1.82, 2.24) is 9.47 Å². The first-order valence-corrected chi connectivity index (χ1v) is 8.28. The van der Waals surface area contributed by atoms with Gasteiger partial charge in [-0.3, -0.25) is 19.3 Å². The summed E-state index contributed by atoms with van der Waals surface area (Å²) in [6.07, 6.45) is 3.49. The van der Waals surface area contributed by atoms with Gasteiger partial charge in [0.05, 0.1) is 11.5 Å². The Kier molecular flexibility index (Phi) is 4.44. The number of amides is 2. The highest BCUT2D eigenvalue weighted by Crippen LogP contribution is 2.33. The molecule has 2 aromatic rings. The van der Waals surface area contributed by atoms with Gasteiger partial charge in [0.2, 0.25) is 0 Å². The number of imide groups is 1. The number of hydrogen-bond donors (Lipinski definition) is 0. The maximum absolute atomic E-state index is 12.1. The molecule has 6 nitrogen and oxygen atoms in total. The van der Waals surface area contributed by atoms with E-state index in [1.165, 1.54) is 7.05 Å². The molecule has 1 saturated heterocycles. The molecule has 0 aliphatic carbocycles. The molecule has 0 spiro atoms. The lowest BCUT2D eigenvalue weighted by Crippen LogP contribution is -2.22. The number of aromatic nitrogens is 1. The molecule has 1 aliphatic rings. The Morgan fingerprint density at radius 3 is 2.71 bits per heavy atom. The van der Waals surface area contributed by atoms with Crippen LogP contribution in [0.4, 0.5) is 4.79 Å². The number of likely N-dealkylation sites (N-methyl/N-ethyl adjacent to an activating group) is 1. The van der Waals surface area contributed by atoms with Gasteiger partial charge in [-0.15, -0.1) is 0 Å². The second-order valence-electron chi connectivity index (χ2n) is 5.28. The zero-order valence-electron chi connectivity index (χ0n) is 13.3. The molecular weight excluding hydrogens is 328 g/mol. The Labute approximate surface area is 143 Å². The molecule has 0 N–H and O–H groups in total. The van der Waals surface area contributed by atoms with E-state index in [9.17, 15) is 14.4 Å². The van der Waals surface area contributed by atoms with Crippen molar-refractivity contribution in [3.8, 4) is 0 Å². The van der Waals surface area contributed by atoms with Crippen LogP contribution in [-0.4, -0.2) is 40.2 Å². The number of hydrogen-bond acceptors (Lipinski definition) is 5. The Morgan fingerprint density at radius 1 is 1.29 bits per heavy atom. The zero-order valence-corrected chi connectivity index (χ0v) is 14.1. The average molecular weight is 344 g/mol. The van der Waals surface area contributed by atoms with E-state index in [1.807, 2.05) is 24.3 Å². The number of fused-ring (bicyclic) bond motifs is 1. The number of nitrogens with zero attached hydrogens (tertiary/aromatic N) is 2. The molecular formula is C17H16N2O4S. The fourth-order valence-corrected chi connectivity index (χ4v) is 3.37. The first-order chi connectivity index (χ1) is 11.5. The molecule has 3 rings (SSSR count). The van der Waals surface area contributed by atoms with E-state index >= 15 is 0 Å². The second-order valence-corrected chi connectivity index (χ2v) is 6.27. The Hall–Kier alpha value is -2.54. The number of carbonyl (C=O) groups excluding carboxylic acids is 3. The van der Waals surface area contributed by atoms with Gasteiger partial charge in [-0.1, -0.05) is 18.2 Å². The third-order valence-corrected chi connectivity index (χ3v) is 4.66. The molecule has 0 radical (unpaired) electrons. The van der Waals surface area contributed by atoms with Gasteiger partial charge in [0, 0.05) is 29.7 Å². The highest BCUT2D eigenvalue weighted by molar-refractivity contribution is 8.18. The summed E-state index contributed by atoms with van der Waals surface area (Å²) in [5.74, 6) is -0.633. The lowest BCUT2D eigenvalue weighted by molar-refractivity contribution is -0.143. The predicted molar refractivity (Wildman–Crippen MR) is 92.3 cm³/mol. The standard InChI is InChI=1S/C17H16N2O4S/c1-3-23-15(20)10-19-9-11(12-6-4-5-7-13(12)19)8-14-16(21)18(2)17(22)24-14/h4-9H,3,10H2,1-2H3. The zero-order chi connectivity index (χ0) is 17.3. The third kappa shape index (κ3) is 2.94. The number of rotatable bonds is 4. The summed E-state index contributed by atoms with van der Waals surface area (Å²) in [7, 11) is 1.46. The van der Waals surface area contributed by atoms with Crippen LogP contribution >= 0.6 is 11.8 Å². The van der Waals surface area contributed by atoms with Crippen molar-refractivity contribution in [2.75, 3.05) is 13.7 Å². The van der Waals surface area contributed by atoms with Gasteiger partial charge in [0.25, 0.3) is 11.1 Å².